The first-order valence-electron chi connectivity index (χ1n) is 10.6. The minimum absolute atomic E-state index is 0.0627. The van der Waals surface area contributed by atoms with Crippen molar-refractivity contribution in [3.05, 3.63) is 0 Å². The number of rotatable bonds is 1. The zero-order chi connectivity index (χ0) is 21.7. The van der Waals surface area contributed by atoms with Gasteiger partial charge in [0.05, 0.1) is 29.6 Å². The maximum atomic E-state index is 13.4. The number of hydrogen-bond acceptors (Lipinski definition) is 7. The lowest BCUT2D eigenvalue weighted by molar-refractivity contribution is -0.266. The summed E-state index contributed by atoms with van der Waals surface area (Å²) in [6, 6.07) is 0. The number of ether oxygens (including phenoxy) is 1. The van der Waals surface area contributed by atoms with Gasteiger partial charge >= 0.3 is 5.97 Å². The van der Waals surface area contributed by atoms with Crippen LogP contribution in [0.2, 0.25) is 0 Å². The van der Waals surface area contributed by atoms with Crippen LogP contribution in [0, 0.1) is 39.9 Å². The van der Waals surface area contributed by atoms with Crippen LogP contribution in [-0.2, 0) is 19.1 Å². The molecule has 4 aliphatic carbocycles. The molecule has 4 saturated carbocycles. The first kappa shape index (κ1) is 20.9. The Bertz CT molecular complexity index is 775. The van der Waals surface area contributed by atoms with Crippen molar-refractivity contribution in [2.75, 3.05) is 0 Å². The average Bonchev–Trinajstić information content (AvgIpc) is 2.74. The minimum Gasteiger partial charge on any atom is -0.462 e. The van der Waals surface area contributed by atoms with E-state index in [2.05, 4.69) is 0 Å². The second kappa shape index (κ2) is 6.11. The van der Waals surface area contributed by atoms with Gasteiger partial charge in [-0.2, -0.15) is 0 Å². The molecule has 3 N–H and O–H groups in total. The van der Waals surface area contributed by atoms with Gasteiger partial charge in [-0.1, -0.05) is 27.7 Å². The molecule has 7 heteroatoms. The Morgan fingerprint density at radius 2 is 1.66 bits per heavy atom. The van der Waals surface area contributed by atoms with E-state index in [0.717, 1.165) is 0 Å². The zero-order valence-electron chi connectivity index (χ0n) is 17.7. The van der Waals surface area contributed by atoms with Gasteiger partial charge in [0, 0.05) is 36.5 Å². The Morgan fingerprint density at radius 1 is 1.03 bits per heavy atom. The van der Waals surface area contributed by atoms with E-state index >= 15 is 0 Å². The van der Waals surface area contributed by atoms with E-state index in [0.29, 0.717) is 0 Å². The summed E-state index contributed by atoms with van der Waals surface area (Å²) < 4.78 is 5.52. The van der Waals surface area contributed by atoms with E-state index in [1.54, 1.807) is 6.92 Å². The molecule has 2 bridgehead atoms. The number of ketones is 2. The van der Waals surface area contributed by atoms with Crippen molar-refractivity contribution >= 4 is 17.5 Å². The summed E-state index contributed by atoms with van der Waals surface area (Å²) in [7, 11) is 0. The van der Waals surface area contributed by atoms with Crippen molar-refractivity contribution in [3.63, 3.8) is 0 Å². The second-order valence-corrected chi connectivity index (χ2v) is 10.6. The molecule has 0 radical (unpaired) electrons. The number of aliphatic hydroxyl groups is 3. The number of carbonyl (C=O) groups is 3. The number of hydrogen-bond donors (Lipinski definition) is 3. The van der Waals surface area contributed by atoms with E-state index in [1.807, 2.05) is 20.8 Å². The summed E-state index contributed by atoms with van der Waals surface area (Å²) in [5, 5.41) is 33.7. The van der Waals surface area contributed by atoms with Gasteiger partial charge in [0.15, 0.2) is 0 Å². The summed E-state index contributed by atoms with van der Waals surface area (Å²) in [5.41, 5.74) is -2.88. The van der Waals surface area contributed by atoms with Gasteiger partial charge in [-0.3, -0.25) is 14.4 Å². The number of aliphatic hydroxyl groups excluding tert-OH is 3. The normalized spacial score (nSPS) is 53.2. The fourth-order valence-electron chi connectivity index (χ4n) is 7.81. The molecule has 4 fully saturated rings. The Kier molecular flexibility index (Phi) is 4.41. The van der Waals surface area contributed by atoms with Gasteiger partial charge in [0.2, 0.25) is 0 Å². The molecule has 0 aromatic rings. The van der Waals surface area contributed by atoms with Crippen LogP contribution in [0.1, 0.15) is 53.9 Å². The monoisotopic (exact) mass is 408 g/mol. The van der Waals surface area contributed by atoms with Gasteiger partial charge in [0.1, 0.15) is 17.7 Å². The van der Waals surface area contributed by atoms with Crippen LogP contribution < -0.4 is 0 Å². The van der Waals surface area contributed by atoms with E-state index in [4.69, 9.17) is 4.74 Å². The second-order valence-electron chi connectivity index (χ2n) is 10.6. The quantitative estimate of drug-likeness (QED) is 0.550. The third-order valence-corrected chi connectivity index (χ3v) is 9.27. The summed E-state index contributed by atoms with van der Waals surface area (Å²) in [6.07, 6.45) is -3.36. The Labute approximate surface area is 170 Å². The van der Waals surface area contributed by atoms with Crippen LogP contribution in [0.5, 0.6) is 0 Å². The third-order valence-electron chi connectivity index (χ3n) is 9.27. The highest BCUT2D eigenvalue weighted by molar-refractivity contribution is 6.01. The highest BCUT2D eigenvalue weighted by Gasteiger charge is 2.78. The smallest absolute Gasteiger partial charge is 0.302 e. The predicted molar refractivity (Wildman–Crippen MR) is 101 cm³/mol. The number of fused-ring (bicyclic) bond motifs is 3. The molecular formula is C22H32O7. The van der Waals surface area contributed by atoms with Gasteiger partial charge in [0.25, 0.3) is 0 Å². The van der Waals surface area contributed by atoms with Gasteiger partial charge in [-0.25, -0.2) is 0 Å². The number of Topliss-reactive ketones (excluding diaryl/α,β-unsaturated/α-hetero) is 2. The largest absolute Gasteiger partial charge is 0.462 e. The molecule has 1 spiro atoms. The van der Waals surface area contributed by atoms with E-state index in [1.165, 1.54) is 6.92 Å². The fourth-order valence-corrected chi connectivity index (χ4v) is 7.81. The van der Waals surface area contributed by atoms with Gasteiger partial charge < -0.3 is 20.1 Å². The average molecular weight is 408 g/mol. The Morgan fingerprint density at radius 3 is 2.24 bits per heavy atom. The van der Waals surface area contributed by atoms with Crippen molar-refractivity contribution in [2.24, 2.45) is 39.9 Å². The van der Waals surface area contributed by atoms with Crippen LogP contribution in [-0.4, -0.2) is 57.3 Å². The molecule has 10 atom stereocenters. The number of carbonyl (C=O) groups excluding carboxylic acids is 3. The molecule has 7 nitrogen and oxygen atoms in total. The predicted octanol–water partition coefficient (Wildman–Crippen LogP) is 0.867. The summed E-state index contributed by atoms with van der Waals surface area (Å²) in [4.78, 5) is 37.9. The Balaban J connectivity index is 1.86. The van der Waals surface area contributed by atoms with Crippen molar-refractivity contribution in [3.8, 4) is 0 Å². The molecule has 4 aliphatic rings. The van der Waals surface area contributed by atoms with Crippen LogP contribution in [0.15, 0.2) is 0 Å². The fraction of sp³-hybridized carbons (Fsp3) is 0.864. The SMILES string of the molecule is CC(=O)O[C@H]1C[C@H](O)[C@]2(C)[C@H](C[C@@H](O)[C@]34C(=O)[C@@H](C)[C@H](C(=O)C[C@@H]23)[C@H]4O)C1(C)C. The topological polar surface area (TPSA) is 121 Å². The molecule has 29 heavy (non-hydrogen) atoms. The van der Waals surface area contributed by atoms with Crippen LogP contribution >= 0.6 is 0 Å². The summed E-state index contributed by atoms with van der Waals surface area (Å²) in [6.45, 7) is 8.76. The van der Waals surface area contributed by atoms with Crippen LogP contribution in [0.4, 0.5) is 0 Å². The first-order chi connectivity index (χ1) is 13.3. The lowest BCUT2D eigenvalue weighted by Crippen LogP contribution is -2.72. The molecule has 0 aliphatic heterocycles. The zero-order valence-corrected chi connectivity index (χ0v) is 17.7. The van der Waals surface area contributed by atoms with Gasteiger partial charge in [-0.15, -0.1) is 0 Å². The molecule has 0 aromatic carbocycles. The highest BCUT2D eigenvalue weighted by atomic mass is 16.5. The van der Waals surface area contributed by atoms with Crippen molar-refractivity contribution in [1.29, 1.82) is 0 Å². The molecule has 0 amide bonds. The molecular weight excluding hydrogens is 376 g/mol. The maximum Gasteiger partial charge on any atom is 0.302 e. The molecule has 162 valence electrons. The van der Waals surface area contributed by atoms with Crippen molar-refractivity contribution < 1.29 is 34.4 Å². The first-order valence-corrected chi connectivity index (χ1v) is 10.6. The van der Waals surface area contributed by atoms with E-state index < -0.39 is 64.4 Å². The van der Waals surface area contributed by atoms with Crippen LogP contribution in [0.3, 0.4) is 0 Å². The summed E-state index contributed by atoms with van der Waals surface area (Å²) >= 11 is 0. The molecule has 0 aromatic heterocycles. The molecule has 4 rings (SSSR count). The highest BCUT2D eigenvalue weighted by Crippen LogP contribution is 2.70. The van der Waals surface area contributed by atoms with Crippen molar-refractivity contribution in [2.45, 2.75) is 78.3 Å². The lowest BCUT2D eigenvalue weighted by atomic mass is 9.38. The minimum atomic E-state index is -1.42. The van der Waals surface area contributed by atoms with E-state index in [-0.39, 0.29) is 36.7 Å². The molecule has 0 unspecified atom stereocenters. The van der Waals surface area contributed by atoms with E-state index in [9.17, 15) is 29.7 Å². The molecule has 0 heterocycles. The lowest BCUT2D eigenvalue weighted by Gasteiger charge is -2.67. The summed E-state index contributed by atoms with van der Waals surface area (Å²) in [5.74, 6) is -3.24. The van der Waals surface area contributed by atoms with Gasteiger partial charge in [-0.05, 0) is 18.3 Å². The standard InChI is InChI=1S/C22H32O7/c1-9-17-11(24)6-13-21(5)12(7-15(26)22(13,18(9)27)19(17)28)20(3,4)16(8-14(21)25)29-10(2)23/h9,12-17,19,25-26,28H,6-8H2,1-5H3/t9-,12+,13-,14-,15+,16-,17+,19+,21+,22-/m0/s1. The molecule has 0 saturated heterocycles. The van der Waals surface area contributed by atoms with Crippen LogP contribution in [0.25, 0.3) is 0 Å². The maximum absolute atomic E-state index is 13.4. The third kappa shape index (κ3) is 2.27. The number of esters is 1. The Hall–Kier alpha value is -1.31. The van der Waals surface area contributed by atoms with Crippen molar-refractivity contribution in [1.82, 2.24) is 0 Å².